The molecule has 0 aliphatic heterocycles. The second-order valence-electron chi connectivity index (χ2n) is 5.87. The zero-order valence-electron chi connectivity index (χ0n) is 14.5. The number of carbonyl (C=O) groups is 2. The molecule has 0 aliphatic rings. The van der Waals surface area contributed by atoms with Gasteiger partial charge in [-0.3, -0.25) is 14.6 Å². The van der Waals surface area contributed by atoms with Crippen LogP contribution in [0.5, 0.6) is 0 Å². The minimum Gasteiger partial charge on any atom is -0.384 e. The first-order valence-electron chi connectivity index (χ1n) is 8.37. The van der Waals surface area contributed by atoms with Crippen molar-refractivity contribution in [3.8, 4) is 0 Å². The van der Waals surface area contributed by atoms with Gasteiger partial charge in [0.1, 0.15) is 0 Å². The van der Waals surface area contributed by atoms with Gasteiger partial charge in [-0.05, 0) is 30.3 Å². The van der Waals surface area contributed by atoms with E-state index in [1.807, 2.05) is 54.6 Å². The third-order valence-corrected chi connectivity index (χ3v) is 3.77. The van der Waals surface area contributed by atoms with Crippen molar-refractivity contribution in [1.82, 2.24) is 4.98 Å². The van der Waals surface area contributed by atoms with Crippen LogP contribution in [-0.4, -0.2) is 23.3 Å². The molecule has 0 fully saturated rings. The molecule has 3 aromatic rings. The Morgan fingerprint density at radius 2 is 1.73 bits per heavy atom. The summed E-state index contributed by atoms with van der Waals surface area (Å²) in [4.78, 5) is 27.7. The predicted octanol–water partition coefficient (Wildman–Crippen LogP) is 3.63. The summed E-state index contributed by atoms with van der Waals surface area (Å²) in [6, 6.07) is 16.9. The minimum absolute atomic E-state index is 0.0892. The number of aromatic nitrogens is 1. The number of benzene rings is 2. The lowest BCUT2D eigenvalue weighted by molar-refractivity contribution is -0.116. The van der Waals surface area contributed by atoms with E-state index in [9.17, 15) is 9.59 Å². The number of amides is 2. The Hall–Kier alpha value is -3.41. The maximum Gasteiger partial charge on any atom is 0.226 e. The number of fused-ring (bicyclic) bond motifs is 1. The topological polar surface area (TPSA) is 83.1 Å². The lowest BCUT2D eigenvalue weighted by atomic mass is 10.2. The summed E-state index contributed by atoms with van der Waals surface area (Å²) >= 11 is 0. The number of rotatable bonds is 6. The molecule has 132 valence electrons. The molecule has 6 heteroatoms. The van der Waals surface area contributed by atoms with Gasteiger partial charge in [-0.25, -0.2) is 0 Å². The van der Waals surface area contributed by atoms with Crippen molar-refractivity contribution in [2.45, 2.75) is 13.3 Å². The van der Waals surface area contributed by atoms with Crippen molar-refractivity contribution in [2.75, 3.05) is 22.5 Å². The summed E-state index contributed by atoms with van der Waals surface area (Å²) in [7, 11) is 0. The zero-order chi connectivity index (χ0) is 18.4. The van der Waals surface area contributed by atoms with Gasteiger partial charge in [0, 0.05) is 42.8 Å². The second kappa shape index (κ2) is 8.11. The molecule has 3 rings (SSSR count). The average Bonchev–Trinajstić information content (AvgIpc) is 2.62. The van der Waals surface area contributed by atoms with E-state index >= 15 is 0 Å². The molecule has 0 saturated carbocycles. The molecule has 3 N–H and O–H groups in total. The van der Waals surface area contributed by atoms with Crippen LogP contribution in [0.3, 0.4) is 0 Å². The lowest BCUT2D eigenvalue weighted by Gasteiger charge is -2.10. The van der Waals surface area contributed by atoms with Gasteiger partial charge >= 0.3 is 0 Å². The first kappa shape index (κ1) is 17.4. The molecular weight excluding hydrogens is 328 g/mol. The third-order valence-electron chi connectivity index (χ3n) is 3.77. The van der Waals surface area contributed by atoms with Gasteiger partial charge in [0.2, 0.25) is 11.8 Å². The number of pyridine rings is 1. The molecule has 2 aromatic carbocycles. The molecule has 0 aliphatic carbocycles. The van der Waals surface area contributed by atoms with Crippen LogP contribution in [0.25, 0.3) is 10.9 Å². The van der Waals surface area contributed by atoms with Crippen LogP contribution < -0.4 is 16.0 Å². The molecule has 1 heterocycles. The Balaban J connectivity index is 1.55. The molecule has 26 heavy (non-hydrogen) atoms. The van der Waals surface area contributed by atoms with Crippen LogP contribution in [-0.2, 0) is 9.59 Å². The number of nitrogens with one attached hydrogen (secondary N) is 3. The molecule has 0 saturated heterocycles. The normalized spacial score (nSPS) is 10.3. The van der Waals surface area contributed by atoms with E-state index < -0.39 is 0 Å². The van der Waals surface area contributed by atoms with Crippen molar-refractivity contribution in [1.29, 1.82) is 0 Å². The van der Waals surface area contributed by atoms with E-state index in [1.54, 1.807) is 6.20 Å². The van der Waals surface area contributed by atoms with Crippen molar-refractivity contribution in [3.63, 3.8) is 0 Å². The summed E-state index contributed by atoms with van der Waals surface area (Å²) in [6.45, 7) is 1.94. The highest BCUT2D eigenvalue weighted by Crippen LogP contribution is 2.20. The molecule has 0 radical (unpaired) electrons. The highest BCUT2D eigenvalue weighted by molar-refractivity contribution is 6.00. The van der Waals surface area contributed by atoms with Crippen molar-refractivity contribution >= 4 is 39.8 Å². The molecule has 6 nitrogen and oxygen atoms in total. The van der Waals surface area contributed by atoms with Crippen LogP contribution in [0, 0.1) is 0 Å². The van der Waals surface area contributed by atoms with Gasteiger partial charge in [-0.1, -0.05) is 24.3 Å². The van der Waals surface area contributed by atoms with E-state index in [0.717, 1.165) is 16.6 Å². The number of hydrogen-bond acceptors (Lipinski definition) is 4. The zero-order valence-corrected chi connectivity index (χ0v) is 14.5. The standard InChI is InChI=1S/C20H20N4O2/c1-14(25)23-17-8-3-7-16(13-17)21-12-10-19(26)24-18-9-2-5-15-6-4-11-22-20(15)18/h2-9,11,13,21H,10,12H2,1H3,(H,23,25)(H,24,26). The SMILES string of the molecule is CC(=O)Nc1cccc(NCCC(=O)Nc2cccc3cccnc23)c1. The summed E-state index contributed by atoms with van der Waals surface area (Å²) in [5.74, 6) is -0.209. The molecule has 2 amide bonds. The van der Waals surface area contributed by atoms with Crippen molar-refractivity contribution < 1.29 is 9.59 Å². The van der Waals surface area contributed by atoms with Crippen LogP contribution in [0.15, 0.2) is 60.8 Å². The number of anilines is 3. The van der Waals surface area contributed by atoms with E-state index in [0.29, 0.717) is 24.3 Å². The van der Waals surface area contributed by atoms with Gasteiger partial charge in [-0.15, -0.1) is 0 Å². The fourth-order valence-corrected chi connectivity index (χ4v) is 2.65. The van der Waals surface area contributed by atoms with Gasteiger partial charge in [0.25, 0.3) is 0 Å². The number of nitrogens with zero attached hydrogens (tertiary/aromatic N) is 1. The van der Waals surface area contributed by atoms with Crippen LogP contribution >= 0.6 is 0 Å². The summed E-state index contributed by atoms with van der Waals surface area (Å²) in [6.07, 6.45) is 2.02. The maximum atomic E-state index is 12.2. The quantitative estimate of drug-likeness (QED) is 0.635. The summed E-state index contributed by atoms with van der Waals surface area (Å²) in [5, 5.41) is 9.81. The first-order chi connectivity index (χ1) is 12.6. The number of hydrogen-bond donors (Lipinski definition) is 3. The Morgan fingerprint density at radius 1 is 0.962 bits per heavy atom. The largest absolute Gasteiger partial charge is 0.384 e. The Morgan fingerprint density at radius 3 is 2.58 bits per heavy atom. The van der Waals surface area contributed by atoms with Crippen LogP contribution in [0.1, 0.15) is 13.3 Å². The molecule has 0 unspecified atom stereocenters. The van der Waals surface area contributed by atoms with Gasteiger partial charge < -0.3 is 16.0 Å². The molecule has 0 atom stereocenters. The number of para-hydroxylation sites is 1. The lowest BCUT2D eigenvalue weighted by Crippen LogP contribution is -2.16. The highest BCUT2D eigenvalue weighted by atomic mass is 16.2. The monoisotopic (exact) mass is 348 g/mol. The average molecular weight is 348 g/mol. The molecule has 0 bridgehead atoms. The maximum absolute atomic E-state index is 12.2. The van der Waals surface area contributed by atoms with E-state index in [2.05, 4.69) is 20.9 Å². The smallest absolute Gasteiger partial charge is 0.226 e. The Labute approximate surface area is 151 Å². The van der Waals surface area contributed by atoms with Gasteiger partial charge in [0.15, 0.2) is 0 Å². The number of carbonyl (C=O) groups excluding carboxylic acids is 2. The molecular formula is C20H20N4O2. The first-order valence-corrected chi connectivity index (χ1v) is 8.37. The predicted molar refractivity (Wildman–Crippen MR) is 104 cm³/mol. The fraction of sp³-hybridized carbons (Fsp3) is 0.150. The third kappa shape index (κ3) is 4.57. The van der Waals surface area contributed by atoms with Gasteiger partial charge in [0.05, 0.1) is 11.2 Å². The van der Waals surface area contributed by atoms with E-state index in [-0.39, 0.29) is 11.8 Å². The van der Waals surface area contributed by atoms with Crippen LogP contribution in [0.4, 0.5) is 17.1 Å². The fourth-order valence-electron chi connectivity index (χ4n) is 2.65. The Bertz CT molecular complexity index is 935. The highest BCUT2D eigenvalue weighted by Gasteiger charge is 2.06. The second-order valence-corrected chi connectivity index (χ2v) is 5.87. The van der Waals surface area contributed by atoms with Crippen molar-refractivity contribution in [2.24, 2.45) is 0 Å². The van der Waals surface area contributed by atoms with Crippen molar-refractivity contribution in [3.05, 3.63) is 60.8 Å². The summed E-state index contributed by atoms with van der Waals surface area (Å²) in [5.41, 5.74) is 3.05. The molecule has 0 spiro atoms. The van der Waals surface area contributed by atoms with E-state index in [1.165, 1.54) is 6.92 Å². The van der Waals surface area contributed by atoms with Gasteiger partial charge in [-0.2, -0.15) is 0 Å². The Kier molecular flexibility index (Phi) is 5.43. The van der Waals surface area contributed by atoms with E-state index in [4.69, 9.17) is 0 Å². The molecule has 1 aromatic heterocycles. The summed E-state index contributed by atoms with van der Waals surface area (Å²) < 4.78 is 0. The minimum atomic E-state index is -0.120. The van der Waals surface area contributed by atoms with Crippen LogP contribution in [0.2, 0.25) is 0 Å².